The van der Waals surface area contributed by atoms with E-state index in [1.165, 1.54) is 6.42 Å². The first-order valence-electron chi connectivity index (χ1n) is 6.95. The van der Waals surface area contributed by atoms with Gasteiger partial charge >= 0.3 is 12.0 Å². The van der Waals surface area contributed by atoms with Gasteiger partial charge in [-0.3, -0.25) is 4.79 Å². The highest BCUT2D eigenvalue weighted by molar-refractivity contribution is 7.99. The number of hydrogen-bond donors (Lipinski definition) is 2. The van der Waals surface area contributed by atoms with Gasteiger partial charge in [0.1, 0.15) is 0 Å². The van der Waals surface area contributed by atoms with Crippen LogP contribution in [0.4, 0.5) is 4.79 Å². The van der Waals surface area contributed by atoms with Gasteiger partial charge in [0, 0.05) is 23.6 Å². The number of aliphatic carboxylic acids is 1. The smallest absolute Gasteiger partial charge is 0.318 e. The predicted molar refractivity (Wildman–Crippen MR) is 75.5 cm³/mol. The molecule has 6 heteroatoms. The van der Waals surface area contributed by atoms with Crippen LogP contribution in [0.5, 0.6) is 0 Å². The van der Waals surface area contributed by atoms with Gasteiger partial charge < -0.3 is 15.3 Å². The Kier molecular flexibility index (Phi) is 4.60. The van der Waals surface area contributed by atoms with E-state index in [9.17, 15) is 9.59 Å². The number of nitrogens with one attached hydrogen (secondary N) is 1. The van der Waals surface area contributed by atoms with Gasteiger partial charge in [-0.05, 0) is 25.7 Å². The van der Waals surface area contributed by atoms with Crippen LogP contribution in [0, 0.1) is 0 Å². The number of urea groups is 1. The van der Waals surface area contributed by atoms with Crippen LogP contribution in [0.25, 0.3) is 0 Å². The number of carbonyl (C=O) groups is 2. The molecule has 2 aliphatic rings. The molecule has 2 amide bonds. The fourth-order valence-corrected chi connectivity index (χ4v) is 3.82. The SMILES string of the molecule is CCC1(NC(=O)N2CCSCC2CC(=O)O)CCC1. The fourth-order valence-electron chi connectivity index (χ4n) is 2.76. The number of amides is 2. The Hall–Kier alpha value is -0.910. The van der Waals surface area contributed by atoms with Crippen LogP contribution in [0.2, 0.25) is 0 Å². The lowest BCUT2D eigenvalue weighted by Crippen LogP contribution is -2.60. The topological polar surface area (TPSA) is 69.6 Å². The number of carboxylic acids is 1. The van der Waals surface area contributed by atoms with E-state index in [4.69, 9.17) is 5.11 Å². The normalized spacial score (nSPS) is 25.5. The van der Waals surface area contributed by atoms with Crippen molar-refractivity contribution in [2.45, 2.75) is 50.6 Å². The van der Waals surface area contributed by atoms with Crippen molar-refractivity contribution in [1.29, 1.82) is 0 Å². The molecule has 2 rings (SSSR count). The molecular weight excluding hydrogens is 264 g/mol. The van der Waals surface area contributed by atoms with Crippen LogP contribution in [-0.2, 0) is 4.79 Å². The van der Waals surface area contributed by atoms with E-state index in [1.54, 1.807) is 16.7 Å². The Morgan fingerprint density at radius 1 is 1.47 bits per heavy atom. The van der Waals surface area contributed by atoms with Gasteiger partial charge in [0.2, 0.25) is 0 Å². The van der Waals surface area contributed by atoms with Gasteiger partial charge in [-0.2, -0.15) is 11.8 Å². The highest BCUT2D eigenvalue weighted by atomic mass is 32.2. The highest BCUT2D eigenvalue weighted by Crippen LogP contribution is 2.35. The van der Waals surface area contributed by atoms with Gasteiger partial charge in [0.05, 0.1) is 12.5 Å². The molecule has 2 fully saturated rings. The quantitative estimate of drug-likeness (QED) is 0.828. The Labute approximate surface area is 118 Å². The van der Waals surface area contributed by atoms with Crippen molar-refractivity contribution in [1.82, 2.24) is 10.2 Å². The Bertz CT molecular complexity index is 352. The Morgan fingerprint density at radius 2 is 2.21 bits per heavy atom. The second-order valence-electron chi connectivity index (χ2n) is 5.44. The average molecular weight is 286 g/mol. The second kappa shape index (κ2) is 6.03. The largest absolute Gasteiger partial charge is 0.481 e. The molecule has 0 radical (unpaired) electrons. The van der Waals surface area contributed by atoms with Gasteiger partial charge in [0.15, 0.2) is 0 Å². The van der Waals surface area contributed by atoms with Crippen molar-refractivity contribution < 1.29 is 14.7 Å². The molecule has 19 heavy (non-hydrogen) atoms. The first-order valence-corrected chi connectivity index (χ1v) is 8.10. The maximum absolute atomic E-state index is 12.4. The van der Waals surface area contributed by atoms with E-state index in [0.717, 1.165) is 30.8 Å². The van der Waals surface area contributed by atoms with Gasteiger partial charge in [-0.15, -0.1) is 0 Å². The number of rotatable bonds is 4. The third-order valence-electron chi connectivity index (χ3n) is 4.26. The third kappa shape index (κ3) is 3.35. The van der Waals surface area contributed by atoms with E-state index < -0.39 is 5.97 Å². The molecule has 0 bridgehead atoms. The van der Waals surface area contributed by atoms with Crippen molar-refractivity contribution in [2.75, 3.05) is 18.1 Å². The summed E-state index contributed by atoms with van der Waals surface area (Å²) in [4.78, 5) is 25.0. The molecule has 0 aromatic heterocycles. The minimum atomic E-state index is -0.834. The molecule has 1 saturated heterocycles. The number of hydrogen-bond acceptors (Lipinski definition) is 3. The molecule has 2 N–H and O–H groups in total. The molecular formula is C13H22N2O3S. The third-order valence-corrected chi connectivity index (χ3v) is 5.35. The van der Waals surface area contributed by atoms with E-state index >= 15 is 0 Å². The molecule has 1 saturated carbocycles. The molecule has 0 aromatic rings. The number of carboxylic acid groups (broad SMARTS) is 1. The molecule has 1 unspecified atom stereocenters. The Balaban J connectivity index is 1.96. The van der Waals surface area contributed by atoms with Crippen LogP contribution >= 0.6 is 11.8 Å². The summed E-state index contributed by atoms with van der Waals surface area (Å²) in [5, 5.41) is 12.1. The molecule has 1 aliphatic carbocycles. The highest BCUT2D eigenvalue weighted by Gasteiger charge is 2.39. The fraction of sp³-hybridized carbons (Fsp3) is 0.846. The molecule has 5 nitrogen and oxygen atoms in total. The summed E-state index contributed by atoms with van der Waals surface area (Å²) in [6, 6.07) is -0.252. The molecule has 1 aliphatic heterocycles. The molecule has 0 spiro atoms. The summed E-state index contributed by atoms with van der Waals surface area (Å²) in [6.07, 6.45) is 4.25. The van der Waals surface area contributed by atoms with Crippen LogP contribution in [0.1, 0.15) is 39.0 Å². The van der Waals surface area contributed by atoms with Gasteiger partial charge in [-0.1, -0.05) is 6.92 Å². The van der Waals surface area contributed by atoms with Crippen molar-refractivity contribution in [3.8, 4) is 0 Å². The van der Waals surface area contributed by atoms with Crippen LogP contribution in [-0.4, -0.2) is 51.6 Å². The maximum atomic E-state index is 12.4. The summed E-state index contributed by atoms with van der Waals surface area (Å²) in [5.74, 6) is 0.778. The summed E-state index contributed by atoms with van der Waals surface area (Å²) in [7, 11) is 0. The summed E-state index contributed by atoms with van der Waals surface area (Å²) < 4.78 is 0. The number of carbonyl (C=O) groups excluding carboxylic acids is 1. The standard InChI is InChI=1S/C13H22N2O3S/c1-2-13(4-3-5-13)14-12(18)15-6-7-19-9-10(15)8-11(16)17/h10H,2-9H2,1H3,(H,14,18)(H,16,17). The number of thioether (sulfide) groups is 1. The summed E-state index contributed by atoms with van der Waals surface area (Å²) in [5.41, 5.74) is -0.0323. The molecule has 1 heterocycles. The first-order chi connectivity index (χ1) is 9.06. The molecule has 0 aromatic carbocycles. The Morgan fingerprint density at radius 3 is 2.74 bits per heavy atom. The van der Waals surface area contributed by atoms with Crippen molar-refractivity contribution in [2.24, 2.45) is 0 Å². The zero-order valence-corrected chi connectivity index (χ0v) is 12.2. The lowest BCUT2D eigenvalue weighted by atomic mass is 9.75. The summed E-state index contributed by atoms with van der Waals surface area (Å²) in [6.45, 7) is 2.74. The monoisotopic (exact) mass is 286 g/mol. The second-order valence-corrected chi connectivity index (χ2v) is 6.59. The van der Waals surface area contributed by atoms with E-state index in [2.05, 4.69) is 12.2 Å². The molecule has 108 valence electrons. The van der Waals surface area contributed by atoms with Crippen molar-refractivity contribution in [3.63, 3.8) is 0 Å². The number of nitrogens with zero attached hydrogens (tertiary/aromatic N) is 1. The maximum Gasteiger partial charge on any atom is 0.318 e. The van der Waals surface area contributed by atoms with Gasteiger partial charge in [0.25, 0.3) is 0 Å². The zero-order chi connectivity index (χ0) is 13.9. The summed E-state index contributed by atoms with van der Waals surface area (Å²) >= 11 is 1.72. The zero-order valence-electron chi connectivity index (χ0n) is 11.4. The minimum Gasteiger partial charge on any atom is -0.481 e. The van der Waals surface area contributed by atoms with Crippen molar-refractivity contribution >= 4 is 23.8 Å². The lowest BCUT2D eigenvalue weighted by Gasteiger charge is -2.44. The lowest BCUT2D eigenvalue weighted by molar-refractivity contribution is -0.138. The van der Waals surface area contributed by atoms with E-state index in [0.29, 0.717) is 6.54 Å². The van der Waals surface area contributed by atoms with E-state index in [-0.39, 0.29) is 24.0 Å². The van der Waals surface area contributed by atoms with Crippen LogP contribution < -0.4 is 5.32 Å². The van der Waals surface area contributed by atoms with Crippen LogP contribution in [0.15, 0.2) is 0 Å². The van der Waals surface area contributed by atoms with Gasteiger partial charge in [-0.25, -0.2) is 4.79 Å². The average Bonchev–Trinajstić information content (AvgIpc) is 2.33. The predicted octanol–water partition coefficient (Wildman–Crippen LogP) is 1.92. The van der Waals surface area contributed by atoms with Crippen molar-refractivity contribution in [3.05, 3.63) is 0 Å². The molecule has 1 atom stereocenters. The van der Waals surface area contributed by atoms with Crippen LogP contribution in [0.3, 0.4) is 0 Å². The minimum absolute atomic E-state index is 0.0323. The first kappa shape index (κ1) is 14.5. The van der Waals surface area contributed by atoms with E-state index in [1.807, 2.05) is 0 Å².